The zero-order valence-electron chi connectivity index (χ0n) is 8.28. The highest BCUT2D eigenvalue weighted by Gasteiger charge is 2.26. The average molecular weight is 191 g/mol. The first-order chi connectivity index (χ1) is 6.12. The molecule has 0 saturated heterocycles. The smallest absolute Gasteiger partial charge is 0.250 e. The van der Waals surface area contributed by atoms with Crippen molar-refractivity contribution in [1.82, 2.24) is 5.32 Å². The Labute approximate surface area is 78.9 Å². The largest absolute Gasteiger partial charge is 0.311 e. The molecule has 1 aliphatic carbocycles. The van der Waals surface area contributed by atoms with Gasteiger partial charge in [-0.15, -0.1) is 0 Å². The Morgan fingerprint density at radius 1 is 1.23 bits per heavy atom. The highest BCUT2D eigenvalue weighted by Crippen LogP contribution is 2.34. The van der Waals surface area contributed by atoms with Crippen LogP contribution in [0.15, 0.2) is 0 Å². The van der Waals surface area contributed by atoms with Gasteiger partial charge >= 0.3 is 0 Å². The molecule has 1 aliphatic rings. The fourth-order valence-electron chi connectivity index (χ4n) is 2.07. The van der Waals surface area contributed by atoms with Crippen molar-refractivity contribution in [3.05, 3.63) is 0 Å². The lowest BCUT2D eigenvalue weighted by molar-refractivity contribution is 0.132. The van der Waals surface area contributed by atoms with Gasteiger partial charge in [-0.25, -0.2) is 8.78 Å². The van der Waals surface area contributed by atoms with Gasteiger partial charge in [-0.2, -0.15) is 0 Å². The molecule has 0 atom stereocenters. The Morgan fingerprint density at radius 2 is 1.85 bits per heavy atom. The zero-order chi connectivity index (χ0) is 9.73. The molecule has 0 aliphatic heterocycles. The van der Waals surface area contributed by atoms with E-state index in [0.29, 0.717) is 0 Å². The molecule has 78 valence electrons. The molecule has 13 heavy (non-hydrogen) atoms. The summed E-state index contributed by atoms with van der Waals surface area (Å²) in [4.78, 5) is 0. The second-order valence-electron chi connectivity index (χ2n) is 4.39. The van der Waals surface area contributed by atoms with Gasteiger partial charge in [-0.05, 0) is 18.3 Å². The van der Waals surface area contributed by atoms with E-state index in [4.69, 9.17) is 0 Å². The molecule has 0 heterocycles. The van der Waals surface area contributed by atoms with Gasteiger partial charge in [-0.3, -0.25) is 0 Å². The summed E-state index contributed by atoms with van der Waals surface area (Å²) in [5, 5.41) is 2.85. The summed E-state index contributed by atoms with van der Waals surface area (Å²) in [6, 6.07) is 0. The first-order valence-electron chi connectivity index (χ1n) is 5.11. The van der Waals surface area contributed by atoms with Crippen molar-refractivity contribution in [3.8, 4) is 0 Å². The Bertz CT molecular complexity index is 142. The molecular formula is C10H19F2N. The van der Waals surface area contributed by atoms with E-state index in [1.54, 1.807) is 0 Å². The van der Waals surface area contributed by atoms with Crippen molar-refractivity contribution in [1.29, 1.82) is 0 Å². The van der Waals surface area contributed by atoms with Crippen LogP contribution in [0.4, 0.5) is 8.78 Å². The van der Waals surface area contributed by atoms with Crippen LogP contribution < -0.4 is 5.32 Å². The van der Waals surface area contributed by atoms with Crippen LogP contribution in [-0.2, 0) is 0 Å². The summed E-state index contributed by atoms with van der Waals surface area (Å²) in [5.41, 5.74) is 0.271. The molecule has 0 spiro atoms. The van der Waals surface area contributed by atoms with Crippen LogP contribution in [0, 0.1) is 5.41 Å². The van der Waals surface area contributed by atoms with Crippen LogP contribution in [0.2, 0.25) is 0 Å². The molecule has 1 rings (SSSR count). The molecule has 0 radical (unpaired) electrons. The highest BCUT2D eigenvalue weighted by molar-refractivity contribution is 4.80. The predicted molar refractivity (Wildman–Crippen MR) is 50.1 cm³/mol. The van der Waals surface area contributed by atoms with E-state index in [-0.39, 0.29) is 12.0 Å². The first-order valence-corrected chi connectivity index (χ1v) is 5.11. The highest BCUT2D eigenvalue weighted by atomic mass is 19.3. The summed E-state index contributed by atoms with van der Waals surface area (Å²) in [6.45, 7) is 2.79. The number of alkyl halides is 2. The summed E-state index contributed by atoms with van der Waals surface area (Å²) in [6.07, 6.45) is 3.98. The summed E-state index contributed by atoms with van der Waals surface area (Å²) in [7, 11) is 0. The van der Waals surface area contributed by atoms with Crippen molar-refractivity contribution in [2.24, 2.45) is 5.41 Å². The van der Waals surface area contributed by atoms with E-state index in [9.17, 15) is 8.78 Å². The molecule has 1 nitrogen and oxygen atoms in total. The maximum atomic E-state index is 11.9. The second-order valence-corrected chi connectivity index (χ2v) is 4.39. The van der Waals surface area contributed by atoms with E-state index in [2.05, 4.69) is 12.2 Å². The number of hydrogen-bond donors (Lipinski definition) is 1. The molecule has 1 fully saturated rings. The van der Waals surface area contributed by atoms with Gasteiger partial charge in [0.1, 0.15) is 0 Å². The molecule has 0 bridgehead atoms. The summed E-state index contributed by atoms with van der Waals surface area (Å²) < 4.78 is 23.7. The fourth-order valence-corrected chi connectivity index (χ4v) is 2.07. The molecule has 0 amide bonds. The van der Waals surface area contributed by atoms with Gasteiger partial charge in [-0.1, -0.05) is 26.2 Å². The Balaban J connectivity index is 2.17. The van der Waals surface area contributed by atoms with Crippen LogP contribution in [-0.4, -0.2) is 19.5 Å². The predicted octanol–water partition coefficient (Wildman–Crippen LogP) is 2.81. The zero-order valence-corrected chi connectivity index (χ0v) is 8.28. The average Bonchev–Trinajstić information content (AvgIpc) is 2.04. The molecular weight excluding hydrogens is 172 g/mol. The van der Waals surface area contributed by atoms with Gasteiger partial charge in [0.15, 0.2) is 0 Å². The Kier molecular flexibility index (Phi) is 4.10. The van der Waals surface area contributed by atoms with E-state index >= 15 is 0 Å². The lowest BCUT2D eigenvalue weighted by Gasteiger charge is -2.33. The van der Waals surface area contributed by atoms with Crippen LogP contribution in [0.3, 0.4) is 0 Å². The van der Waals surface area contributed by atoms with E-state index < -0.39 is 6.43 Å². The van der Waals surface area contributed by atoms with Crippen molar-refractivity contribution in [2.45, 2.75) is 45.5 Å². The first kappa shape index (κ1) is 10.9. The molecule has 0 aromatic rings. The minimum Gasteiger partial charge on any atom is -0.311 e. The lowest BCUT2D eigenvalue weighted by atomic mass is 9.76. The lowest BCUT2D eigenvalue weighted by Crippen LogP contribution is -2.35. The monoisotopic (exact) mass is 191 g/mol. The topological polar surface area (TPSA) is 12.0 Å². The minimum absolute atomic E-state index is 0.157. The van der Waals surface area contributed by atoms with Gasteiger partial charge < -0.3 is 5.32 Å². The molecule has 1 N–H and O–H groups in total. The van der Waals surface area contributed by atoms with Crippen molar-refractivity contribution in [3.63, 3.8) is 0 Å². The van der Waals surface area contributed by atoms with Crippen LogP contribution in [0.1, 0.15) is 39.0 Å². The molecule has 0 aromatic heterocycles. The second kappa shape index (κ2) is 4.89. The van der Waals surface area contributed by atoms with Gasteiger partial charge in [0, 0.05) is 6.54 Å². The molecule has 0 aromatic carbocycles. The summed E-state index contributed by atoms with van der Waals surface area (Å²) >= 11 is 0. The number of halogens is 2. The maximum absolute atomic E-state index is 11.9. The maximum Gasteiger partial charge on any atom is 0.250 e. The number of nitrogens with one attached hydrogen (secondary N) is 1. The van der Waals surface area contributed by atoms with Crippen molar-refractivity contribution in [2.75, 3.05) is 13.1 Å². The van der Waals surface area contributed by atoms with Gasteiger partial charge in [0.05, 0.1) is 6.54 Å². The third kappa shape index (κ3) is 4.03. The Hall–Kier alpha value is -0.180. The minimum atomic E-state index is -2.22. The third-order valence-corrected chi connectivity index (χ3v) is 2.91. The molecule has 1 saturated carbocycles. The van der Waals surface area contributed by atoms with Gasteiger partial charge in [0.25, 0.3) is 6.43 Å². The number of rotatable bonds is 4. The number of hydrogen-bond acceptors (Lipinski definition) is 1. The third-order valence-electron chi connectivity index (χ3n) is 2.91. The van der Waals surface area contributed by atoms with Crippen molar-refractivity contribution >= 4 is 0 Å². The molecule has 0 unspecified atom stereocenters. The van der Waals surface area contributed by atoms with Crippen molar-refractivity contribution < 1.29 is 8.78 Å². The standard InChI is InChI=1S/C10H19F2N/c1-10(5-3-2-4-6-10)8-13-7-9(11)12/h9,13H,2-8H2,1H3. The van der Waals surface area contributed by atoms with E-state index in [0.717, 1.165) is 6.54 Å². The van der Waals surface area contributed by atoms with Crippen LogP contribution in [0.25, 0.3) is 0 Å². The Morgan fingerprint density at radius 3 is 2.38 bits per heavy atom. The van der Waals surface area contributed by atoms with Gasteiger partial charge in [0.2, 0.25) is 0 Å². The van der Waals surface area contributed by atoms with Crippen LogP contribution in [0.5, 0.6) is 0 Å². The quantitative estimate of drug-likeness (QED) is 0.720. The van der Waals surface area contributed by atoms with Crippen LogP contribution >= 0.6 is 0 Å². The molecule has 3 heteroatoms. The fraction of sp³-hybridized carbons (Fsp3) is 1.00. The summed E-state index contributed by atoms with van der Waals surface area (Å²) in [5.74, 6) is 0. The van der Waals surface area contributed by atoms with E-state index in [1.807, 2.05) is 0 Å². The van der Waals surface area contributed by atoms with E-state index in [1.165, 1.54) is 32.1 Å². The normalized spacial score (nSPS) is 22.2. The SMILES string of the molecule is CC1(CNCC(F)F)CCCCC1.